The second-order valence-corrected chi connectivity index (χ2v) is 14.2. The number of rotatable bonds is 15. The molecule has 7 aromatic heterocycles. The van der Waals surface area contributed by atoms with Crippen LogP contribution in [0.25, 0.3) is 22.3 Å². The average molecular weight is 781 g/mol. The van der Waals surface area contributed by atoms with Gasteiger partial charge in [-0.3, -0.25) is 4.57 Å². The molecule has 1 aliphatic carbocycles. The highest BCUT2D eigenvalue weighted by molar-refractivity contribution is 5.85. The molecular weight excluding hydrogens is 737 g/mol. The molecule has 0 aromatic carbocycles. The van der Waals surface area contributed by atoms with Crippen LogP contribution >= 0.6 is 0 Å². The first-order valence-electron chi connectivity index (χ1n) is 19.1. The molecule has 2 fully saturated rings. The smallest absolute Gasteiger partial charge is 0.226 e. The Labute approximate surface area is 324 Å². The second-order valence-electron chi connectivity index (χ2n) is 14.2. The number of aromatic nitrogens is 16. The first kappa shape index (κ1) is 36.3. The zero-order chi connectivity index (χ0) is 38.9. The van der Waals surface area contributed by atoms with Crippen molar-refractivity contribution in [3.63, 3.8) is 0 Å². The number of H-pyrrole nitrogens is 3. The maximum Gasteiger partial charge on any atom is 0.226 e. The van der Waals surface area contributed by atoms with Crippen LogP contribution in [0.2, 0.25) is 0 Å². The second kappa shape index (κ2) is 15.7. The molecule has 1 saturated carbocycles. The molecular formula is C34H44N20O3. The summed E-state index contributed by atoms with van der Waals surface area (Å²) in [5.74, 6) is 2.31. The minimum absolute atomic E-state index is 0.0937. The monoisotopic (exact) mass is 780 g/mol. The van der Waals surface area contributed by atoms with E-state index in [2.05, 4.69) is 76.5 Å². The summed E-state index contributed by atoms with van der Waals surface area (Å²) in [6, 6.07) is 0.262. The molecule has 1 saturated heterocycles. The van der Waals surface area contributed by atoms with E-state index in [1.165, 1.54) is 11.1 Å². The molecule has 7 aromatic rings. The van der Waals surface area contributed by atoms with Crippen LogP contribution < -0.4 is 21.3 Å². The van der Waals surface area contributed by atoms with E-state index in [9.17, 15) is 10.2 Å². The van der Waals surface area contributed by atoms with Crippen molar-refractivity contribution in [1.29, 1.82) is 0 Å². The predicted molar refractivity (Wildman–Crippen MR) is 205 cm³/mol. The Morgan fingerprint density at radius 1 is 0.842 bits per heavy atom. The minimum Gasteiger partial charge on any atom is -0.387 e. The van der Waals surface area contributed by atoms with Gasteiger partial charge >= 0.3 is 0 Å². The van der Waals surface area contributed by atoms with E-state index < -0.39 is 24.5 Å². The van der Waals surface area contributed by atoms with Crippen LogP contribution in [0.5, 0.6) is 0 Å². The van der Waals surface area contributed by atoms with Crippen molar-refractivity contribution in [3.05, 3.63) is 54.4 Å². The molecule has 0 bridgehead atoms. The minimum atomic E-state index is -1.32. The first-order chi connectivity index (χ1) is 27.9. The van der Waals surface area contributed by atoms with Crippen molar-refractivity contribution >= 4 is 45.9 Å². The highest BCUT2D eigenvalue weighted by Gasteiger charge is 2.47. The molecule has 57 heavy (non-hydrogen) atoms. The molecule has 23 heteroatoms. The molecule has 1 aliphatic heterocycles. The van der Waals surface area contributed by atoms with Crippen LogP contribution in [0.15, 0.2) is 31.5 Å². The van der Waals surface area contributed by atoms with E-state index >= 15 is 0 Å². The summed E-state index contributed by atoms with van der Waals surface area (Å²) in [7, 11) is 0. The predicted octanol–water partition coefficient (Wildman–Crippen LogP) is 1.39. The van der Waals surface area contributed by atoms with Gasteiger partial charge in [0.15, 0.2) is 40.8 Å². The molecule has 0 amide bonds. The number of fused-ring (bicyclic) bond motifs is 2. The fraction of sp³-hybridized carbons (Fsp3) is 0.500. The fourth-order valence-electron chi connectivity index (χ4n) is 7.34. The summed E-state index contributed by atoms with van der Waals surface area (Å²) in [6.07, 6.45) is 8.49. The van der Waals surface area contributed by atoms with Gasteiger partial charge in [0.2, 0.25) is 17.7 Å². The third-order valence-electron chi connectivity index (χ3n) is 10.4. The molecule has 8 heterocycles. The fourth-order valence-corrected chi connectivity index (χ4v) is 7.34. The van der Waals surface area contributed by atoms with Gasteiger partial charge in [-0.05, 0) is 44.7 Å². The number of hydrogen-bond donors (Lipinski definition) is 9. The van der Waals surface area contributed by atoms with E-state index in [1.807, 2.05) is 13.8 Å². The molecule has 0 unspecified atom stereocenters. The number of ether oxygens (including phenoxy) is 1. The van der Waals surface area contributed by atoms with Gasteiger partial charge in [0.1, 0.15) is 17.7 Å². The molecule has 298 valence electrons. The maximum atomic E-state index is 11.2. The summed E-state index contributed by atoms with van der Waals surface area (Å²) in [6.45, 7) is 5.54. The lowest BCUT2D eigenvalue weighted by molar-refractivity contribution is -0.0384. The third-order valence-corrected chi connectivity index (χ3v) is 10.4. The number of imidazole rings is 4. The lowest BCUT2D eigenvalue weighted by Crippen LogP contribution is -2.33. The lowest BCUT2D eigenvalue weighted by atomic mass is 9.91. The first-order valence-corrected chi connectivity index (χ1v) is 19.1. The van der Waals surface area contributed by atoms with E-state index in [4.69, 9.17) is 19.7 Å². The van der Waals surface area contributed by atoms with Crippen molar-refractivity contribution in [2.75, 3.05) is 34.4 Å². The Hall–Kier alpha value is -6.33. The standard InChI is InChI=1S/C34H44N20O3/c1-3-54-51-30(50-52-54)26-24(55)25(56)32(57-26)53-16-43-23-29(48-34(49-31(23)53)36-10-8-20-12-35-13-39-20)45-19-6-4-18(5-7-19)44-28-22-27(42-15-41-22)46-33(47-28)37-11-9-21-17(2)38-14-40-21/h12-16,18-19,24-26,32,55-56H,3-11H2,1-2H3,(H,35,39)(H,38,40)(H2,36,45,48,49)(H3,37,41,42,44,46,47)/t18?,19?,24-,25+,26-,32+/m0/s1. The average Bonchev–Trinajstić information content (AvgIpc) is 4.08. The Morgan fingerprint density at radius 2 is 1.60 bits per heavy atom. The summed E-state index contributed by atoms with van der Waals surface area (Å²) in [5, 5.41) is 48.4. The van der Waals surface area contributed by atoms with Crippen LogP contribution in [0.1, 0.15) is 67.8 Å². The normalized spacial score (nSPS) is 22.4. The molecule has 0 radical (unpaired) electrons. The Bertz CT molecular complexity index is 2410. The highest BCUT2D eigenvalue weighted by Crippen LogP contribution is 2.39. The van der Waals surface area contributed by atoms with Gasteiger partial charge in [-0.1, -0.05) is 0 Å². The number of aryl methyl sites for hydroxylation is 2. The summed E-state index contributed by atoms with van der Waals surface area (Å²) < 4.78 is 7.78. The number of aliphatic hydroxyl groups is 2. The number of nitrogens with zero attached hydrogens (tertiary/aromatic N) is 13. The van der Waals surface area contributed by atoms with Crippen LogP contribution in [0, 0.1) is 6.92 Å². The van der Waals surface area contributed by atoms with Gasteiger partial charge in [0.25, 0.3) is 0 Å². The van der Waals surface area contributed by atoms with Gasteiger partial charge in [0, 0.05) is 55.6 Å². The van der Waals surface area contributed by atoms with Gasteiger partial charge in [-0.15, -0.1) is 10.2 Å². The summed E-state index contributed by atoms with van der Waals surface area (Å²) in [5.41, 5.74) is 5.29. The maximum absolute atomic E-state index is 11.2. The van der Waals surface area contributed by atoms with Crippen LogP contribution in [0.4, 0.5) is 23.5 Å². The van der Waals surface area contributed by atoms with Gasteiger partial charge < -0.3 is 51.2 Å². The number of aromatic amines is 3. The van der Waals surface area contributed by atoms with Crippen molar-refractivity contribution in [2.24, 2.45) is 0 Å². The number of nitrogens with one attached hydrogen (secondary N) is 7. The molecule has 2 aliphatic rings. The Balaban J connectivity index is 0.900. The molecule has 9 rings (SSSR count). The summed E-state index contributed by atoms with van der Waals surface area (Å²) >= 11 is 0. The van der Waals surface area contributed by atoms with Crippen molar-refractivity contribution < 1.29 is 14.9 Å². The lowest BCUT2D eigenvalue weighted by Gasteiger charge is -2.30. The van der Waals surface area contributed by atoms with Crippen molar-refractivity contribution in [3.8, 4) is 0 Å². The highest BCUT2D eigenvalue weighted by atomic mass is 16.6. The van der Waals surface area contributed by atoms with E-state index in [-0.39, 0.29) is 17.9 Å². The molecule has 0 spiro atoms. The molecule has 4 atom stereocenters. The topological polar surface area (TPSA) is 297 Å². The SMILES string of the molecule is CCn1nnc([C@H]2O[C@@H](n3cnc4c(NC5CCC(Nc6nc(NCCc7nc[nH]c7C)nc7nc[nH]c67)CC5)nc(NCCc5cnc[nH]5)nc43)[C@H](O)[C@@H]2O)n1. The van der Waals surface area contributed by atoms with Crippen LogP contribution in [-0.2, 0) is 24.1 Å². The third kappa shape index (κ3) is 7.50. The van der Waals surface area contributed by atoms with Gasteiger partial charge in [-0.25, -0.2) is 19.9 Å². The number of anilines is 4. The van der Waals surface area contributed by atoms with E-state index in [0.717, 1.165) is 54.7 Å². The largest absolute Gasteiger partial charge is 0.387 e. The number of hydrogen-bond acceptors (Lipinski definition) is 18. The molecule has 9 N–H and O–H groups in total. The van der Waals surface area contributed by atoms with Gasteiger partial charge in [0.05, 0.1) is 37.5 Å². The zero-order valence-electron chi connectivity index (χ0n) is 31.3. The Kier molecular flexibility index (Phi) is 9.98. The molecule has 23 nitrogen and oxygen atoms in total. The van der Waals surface area contributed by atoms with Crippen molar-refractivity contribution in [2.45, 2.75) is 95.5 Å². The quantitative estimate of drug-likeness (QED) is 0.0710. The van der Waals surface area contributed by atoms with Gasteiger partial charge in [-0.2, -0.15) is 24.7 Å². The van der Waals surface area contributed by atoms with E-state index in [0.29, 0.717) is 66.4 Å². The zero-order valence-corrected chi connectivity index (χ0v) is 31.3. The van der Waals surface area contributed by atoms with E-state index in [1.54, 1.807) is 29.7 Å². The van der Waals surface area contributed by atoms with Crippen LogP contribution in [-0.4, -0.2) is 127 Å². The number of tetrazole rings is 1. The summed E-state index contributed by atoms with van der Waals surface area (Å²) in [4.78, 5) is 47.4. The number of aliphatic hydroxyl groups excluding tert-OH is 2. The Morgan fingerprint density at radius 3 is 2.33 bits per heavy atom. The van der Waals surface area contributed by atoms with Crippen molar-refractivity contribution in [1.82, 2.24) is 79.6 Å². The van der Waals surface area contributed by atoms with Crippen LogP contribution in [0.3, 0.4) is 0 Å².